The van der Waals surface area contributed by atoms with Crippen LogP contribution in [0.3, 0.4) is 0 Å². The van der Waals surface area contributed by atoms with E-state index >= 15 is 0 Å². The number of rotatable bonds is 2. The molecule has 2 amide bonds. The van der Waals surface area contributed by atoms with Crippen molar-refractivity contribution < 1.29 is 9.59 Å². The molecule has 0 aliphatic carbocycles. The second-order valence-corrected chi connectivity index (χ2v) is 4.77. The topological polar surface area (TPSA) is 40.6 Å². The predicted octanol–water partition coefficient (Wildman–Crippen LogP) is 1.21. The molecule has 16 heavy (non-hydrogen) atoms. The van der Waals surface area contributed by atoms with E-state index in [1.807, 2.05) is 53.2 Å². The van der Waals surface area contributed by atoms with Crippen LogP contribution in [0.5, 0.6) is 0 Å². The molecule has 0 saturated carbocycles. The molecule has 1 aromatic rings. The minimum absolute atomic E-state index is 0.412. The fourth-order valence-corrected chi connectivity index (χ4v) is 2.03. The molecule has 5 heteroatoms. The van der Waals surface area contributed by atoms with Gasteiger partial charge in [-0.25, -0.2) is 0 Å². The molecule has 2 rings (SSSR count). The molecule has 1 saturated heterocycles. The first kappa shape index (κ1) is 11.4. The van der Waals surface area contributed by atoms with Crippen LogP contribution in [0.1, 0.15) is 5.56 Å². The number of halogens is 1. The van der Waals surface area contributed by atoms with Crippen molar-refractivity contribution in [3.63, 3.8) is 0 Å². The molecule has 0 spiro atoms. The summed E-state index contributed by atoms with van der Waals surface area (Å²) in [6.07, 6.45) is 0. The third-order valence-electron chi connectivity index (χ3n) is 2.47. The van der Waals surface area contributed by atoms with Crippen LogP contribution < -0.4 is 0 Å². The summed E-state index contributed by atoms with van der Waals surface area (Å²) in [6, 6.07) is 9.69. The molecular weight excluding hydrogens is 319 g/mol. The lowest BCUT2D eigenvalue weighted by Gasteiger charge is -2.30. The molecule has 84 valence electrons. The molecule has 1 aliphatic heterocycles. The van der Waals surface area contributed by atoms with Gasteiger partial charge in [0.25, 0.3) is 0 Å². The molecule has 0 bridgehead atoms. The highest BCUT2D eigenvalue weighted by Gasteiger charge is 2.30. The van der Waals surface area contributed by atoms with Crippen LogP contribution in [0.25, 0.3) is 0 Å². The lowest BCUT2D eigenvalue weighted by atomic mass is 10.2. The Morgan fingerprint density at radius 3 is 2.44 bits per heavy atom. The average Bonchev–Trinajstić information content (AvgIpc) is 2.31. The maximum atomic E-state index is 11.7. The smallest absolute Gasteiger partial charge is 0.320 e. The van der Waals surface area contributed by atoms with Crippen LogP contribution in [-0.2, 0) is 16.1 Å². The van der Waals surface area contributed by atoms with Gasteiger partial charge in [0.1, 0.15) is 0 Å². The number of piperazine rings is 1. The van der Waals surface area contributed by atoms with Crippen LogP contribution in [0.15, 0.2) is 30.3 Å². The minimum Gasteiger partial charge on any atom is -0.328 e. The number of carbonyl (C=O) groups excluding carboxylic acids is 2. The second-order valence-electron chi connectivity index (χ2n) is 3.60. The zero-order valence-electron chi connectivity index (χ0n) is 8.60. The number of hydrogen-bond donors (Lipinski definition) is 0. The Kier molecular flexibility index (Phi) is 3.42. The van der Waals surface area contributed by atoms with E-state index in [2.05, 4.69) is 0 Å². The maximum absolute atomic E-state index is 11.7. The predicted molar refractivity (Wildman–Crippen MR) is 67.6 cm³/mol. The zero-order chi connectivity index (χ0) is 11.5. The fraction of sp³-hybridized carbons (Fsp3) is 0.273. The Bertz CT molecular complexity index is 408. The lowest BCUT2D eigenvalue weighted by Crippen LogP contribution is -2.50. The number of nitrogens with zero attached hydrogens (tertiary/aromatic N) is 2. The van der Waals surface area contributed by atoms with Crippen LogP contribution in [0.2, 0.25) is 0 Å². The number of hydrogen-bond acceptors (Lipinski definition) is 2. The van der Waals surface area contributed by atoms with Gasteiger partial charge in [0, 0.05) is 19.6 Å². The number of benzene rings is 1. The molecule has 1 fully saturated rings. The first-order valence-electron chi connectivity index (χ1n) is 4.99. The normalized spacial score (nSPS) is 16.8. The fourth-order valence-electron chi connectivity index (χ4n) is 1.61. The van der Waals surface area contributed by atoms with E-state index in [4.69, 9.17) is 0 Å². The monoisotopic (exact) mass is 330 g/mol. The third kappa shape index (κ3) is 2.34. The van der Waals surface area contributed by atoms with E-state index in [0.29, 0.717) is 19.6 Å². The Balaban J connectivity index is 2.06. The van der Waals surface area contributed by atoms with Crippen molar-refractivity contribution in [1.82, 2.24) is 8.01 Å². The SMILES string of the molecule is O=C1C(=O)N(Cc2ccccc2)CCN1I. The molecule has 4 nitrogen and oxygen atoms in total. The van der Waals surface area contributed by atoms with Crippen LogP contribution in [-0.4, -0.2) is 32.9 Å². The van der Waals surface area contributed by atoms with Gasteiger partial charge >= 0.3 is 11.8 Å². The Labute approximate surface area is 108 Å². The maximum Gasteiger partial charge on any atom is 0.320 e. The second kappa shape index (κ2) is 4.82. The summed E-state index contributed by atoms with van der Waals surface area (Å²) in [5, 5.41) is 0. The van der Waals surface area contributed by atoms with Crippen molar-refractivity contribution in [2.45, 2.75) is 6.54 Å². The van der Waals surface area contributed by atoms with Gasteiger partial charge in [0.15, 0.2) is 0 Å². The van der Waals surface area contributed by atoms with Crippen molar-refractivity contribution in [3.05, 3.63) is 35.9 Å². The van der Waals surface area contributed by atoms with Crippen molar-refractivity contribution in [1.29, 1.82) is 0 Å². The molecule has 0 radical (unpaired) electrons. The van der Waals surface area contributed by atoms with E-state index < -0.39 is 11.8 Å². The summed E-state index contributed by atoms with van der Waals surface area (Å²) in [7, 11) is 0. The van der Waals surface area contributed by atoms with E-state index in [1.54, 1.807) is 4.90 Å². The van der Waals surface area contributed by atoms with E-state index in [1.165, 1.54) is 3.11 Å². The highest BCUT2D eigenvalue weighted by atomic mass is 127. The van der Waals surface area contributed by atoms with Crippen molar-refractivity contribution in [2.75, 3.05) is 13.1 Å². The largest absolute Gasteiger partial charge is 0.328 e. The van der Waals surface area contributed by atoms with Gasteiger partial charge in [-0.3, -0.25) is 12.7 Å². The zero-order valence-corrected chi connectivity index (χ0v) is 10.8. The minimum atomic E-state index is -0.428. The quantitative estimate of drug-likeness (QED) is 0.465. The van der Waals surface area contributed by atoms with E-state index in [0.717, 1.165) is 5.56 Å². The summed E-state index contributed by atoms with van der Waals surface area (Å²) in [5.74, 6) is -0.840. The average molecular weight is 330 g/mol. The van der Waals surface area contributed by atoms with Gasteiger partial charge in [-0.05, 0) is 5.56 Å². The van der Waals surface area contributed by atoms with Gasteiger partial charge in [0.05, 0.1) is 22.9 Å². The number of carbonyl (C=O) groups is 2. The summed E-state index contributed by atoms with van der Waals surface area (Å²) < 4.78 is 1.43. The van der Waals surface area contributed by atoms with E-state index in [-0.39, 0.29) is 0 Å². The highest BCUT2D eigenvalue weighted by Crippen LogP contribution is 2.12. The molecule has 0 N–H and O–H groups in total. The van der Waals surface area contributed by atoms with Gasteiger partial charge in [-0.15, -0.1) is 0 Å². The molecule has 0 unspecified atom stereocenters. The van der Waals surface area contributed by atoms with Crippen molar-refractivity contribution >= 4 is 34.7 Å². The third-order valence-corrected chi connectivity index (χ3v) is 3.39. The van der Waals surface area contributed by atoms with Crippen LogP contribution in [0.4, 0.5) is 0 Å². The van der Waals surface area contributed by atoms with Crippen LogP contribution >= 0.6 is 22.9 Å². The summed E-state index contributed by atoms with van der Waals surface area (Å²) >= 11 is 1.88. The van der Waals surface area contributed by atoms with Gasteiger partial charge in [-0.1, -0.05) is 30.3 Å². The van der Waals surface area contributed by atoms with Gasteiger partial charge in [0.2, 0.25) is 0 Å². The van der Waals surface area contributed by atoms with E-state index in [9.17, 15) is 9.59 Å². The Morgan fingerprint density at radius 2 is 1.75 bits per heavy atom. The van der Waals surface area contributed by atoms with Crippen molar-refractivity contribution in [2.24, 2.45) is 0 Å². The van der Waals surface area contributed by atoms with Crippen molar-refractivity contribution in [3.8, 4) is 0 Å². The molecule has 1 aromatic carbocycles. The standard InChI is InChI=1S/C11H11IN2O2/c12-14-7-6-13(10(15)11(14)16)8-9-4-2-1-3-5-9/h1-5H,6-8H2. The summed E-state index contributed by atoms with van der Waals surface area (Å²) in [4.78, 5) is 24.7. The van der Waals surface area contributed by atoms with Crippen LogP contribution in [0, 0.1) is 0 Å². The molecule has 0 aromatic heterocycles. The van der Waals surface area contributed by atoms with Gasteiger partial charge < -0.3 is 4.90 Å². The highest BCUT2D eigenvalue weighted by molar-refractivity contribution is 14.1. The summed E-state index contributed by atoms with van der Waals surface area (Å²) in [5.41, 5.74) is 1.05. The Hall–Kier alpha value is -1.11. The first-order valence-corrected chi connectivity index (χ1v) is 5.95. The Morgan fingerprint density at radius 1 is 1.06 bits per heavy atom. The number of amides is 2. The molecule has 1 aliphatic rings. The first-order chi connectivity index (χ1) is 7.68. The lowest BCUT2D eigenvalue weighted by molar-refractivity contribution is -0.151. The molecule has 0 atom stereocenters. The summed E-state index contributed by atoms with van der Waals surface area (Å²) in [6.45, 7) is 1.70. The van der Waals surface area contributed by atoms with Gasteiger partial charge in [-0.2, -0.15) is 0 Å². The molecular formula is C11H11IN2O2. The molecule has 1 heterocycles.